The molecule has 1 amide bonds. The lowest BCUT2D eigenvalue weighted by Gasteiger charge is -2.33. The fraction of sp³-hybridized carbons (Fsp3) is 0.458. The van der Waals surface area contributed by atoms with Gasteiger partial charge in [0.15, 0.2) is 19.7 Å². The van der Waals surface area contributed by atoms with Gasteiger partial charge in [0.1, 0.15) is 16.4 Å². The number of halogens is 3. The molecule has 1 aliphatic rings. The molecule has 1 fully saturated rings. The lowest BCUT2D eigenvalue weighted by molar-refractivity contribution is -0.274. The Morgan fingerprint density at radius 2 is 1.73 bits per heavy atom. The first kappa shape index (κ1) is 28.8. The normalized spacial score (nSPS) is 16.3. The molecule has 0 radical (unpaired) electrons. The minimum Gasteiger partial charge on any atom is -0.495 e. The van der Waals surface area contributed by atoms with Gasteiger partial charge in [0.05, 0.1) is 17.3 Å². The summed E-state index contributed by atoms with van der Waals surface area (Å²) in [5.74, 6) is -0.826. The third-order valence-electron chi connectivity index (χ3n) is 6.27. The van der Waals surface area contributed by atoms with Gasteiger partial charge in [0.25, 0.3) is 5.91 Å². The Hall–Kier alpha value is -2.80. The summed E-state index contributed by atoms with van der Waals surface area (Å²) in [5.41, 5.74) is 0.205. The number of alkyl halides is 3. The average Bonchev–Trinajstić information content (AvgIpc) is 2.82. The first-order valence-corrected chi connectivity index (χ1v) is 14.8. The van der Waals surface area contributed by atoms with E-state index in [1.54, 1.807) is 4.90 Å². The molecular weight excluding hydrogens is 535 g/mol. The van der Waals surface area contributed by atoms with E-state index in [2.05, 4.69) is 4.74 Å². The van der Waals surface area contributed by atoms with Crippen molar-refractivity contribution < 1.29 is 44.3 Å². The zero-order chi connectivity index (χ0) is 27.6. The Balaban J connectivity index is 1.64. The number of hydrogen-bond acceptors (Lipinski definition) is 7. The van der Waals surface area contributed by atoms with E-state index in [4.69, 9.17) is 4.74 Å². The Morgan fingerprint density at radius 1 is 1.08 bits per heavy atom. The second-order valence-electron chi connectivity index (χ2n) is 8.99. The number of methoxy groups -OCH3 is 1. The van der Waals surface area contributed by atoms with Crippen LogP contribution in [0.1, 0.15) is 36.5 Å². The fourth-order valence-electron chi connectivity index (χ4n) is 4.33. The third-order valence-corrected chi connectivity index (χ3v) is 9.56. The average molecular weight is 564 g/mol. The fourth-order valence-corrected chi connectivity index (χ4v) is 6.73. The predicted octanol–water partition coefficient (Wildman–Crippen LogP) is 4.10. The summed E-state index contributed by atoms with van der Waals surface area (Å²) in [6, 6.07) is 8.53. The van der Waals surface area contributed by atoms with E-state index in [9.17, 15) is 34.8 Å². The number of ether oxygens (including phenoxy) is 2. The molecule has 1 aliphatic heterocycles. The van der Waals surface area contributed by atoms with Crippen molar-refractivity contribution in [3.63, 3.8) is 0 Å². The van der Waals surface area contributed by atoms with Crippen molar-refractivity contribution in [1.29, 1.82) is 0 Å². The molecule has 0 saturated carbocycles. The van der Waals surface area contributed by atoms with Crippen LogP contribution in [0.15, 0.2) is 52.3 Å². The number of hydrogen-bond donors (Lipinski definition) is 0. The first-order chi connectivity index (χ1) is 17.1. The molecule has 1 saturated heterocycles. The second kappa shape index (κ2) is 10.9. The largest absolute Gasteiger partial charge is 0.573 e. The second-order valence-corrected chi connectivity index (χ2v) is 13.3. The molecule has 3 rings (SSSR count). The molecule has 0 aliphatic carbocycles. The number of rotatable bonds is 8. The van der Waals surface area contributed by atoms with Crippen LogP contribution in [0.25, 0.3) is 0 Å². The van der Waals surface area contributed by atoms with Gasteiger partial charge in [-0.3, -0.25) is 4.79 Å². The third kappa shape index (κ3) is 7.16. The van der Waals surface area contributed by atoms with E-state index in [0.717, 1.165) is 18.4 Å². The highest BCUT2D eigenvalue weighted by atomic mass is 32.2. The van der Waals surface area contributed by atoms with Gasteiger partial charge < -0.3 is 14.4 Å². The lowest BCUT2D eigenvalue weighted by Crippen LogP contribution is -2.39. The summed E-state index contributed by atoms with van der Waals surface area (Å²) in [5, 5.41) is -0.861. The molecule has 0 aromatic heterocycles. The number of benzene rings is 2. The van der Waals surface area contributed by atoms with E-state index in [1.807, 2.05) is 0 Å². The zero-order valence-electron chi connectivity index (χ0n) is 20.5. The summed E-state index contributed by atoms with van der Waals surface area (Å²) in [6.45, 7) is 2.21. The Kier molecular flexibility index (Phi) is 8.47. The highest BCUT2D eigenvalue weighted by Gasteiger charge is 2.33. The smallest absolute Gasteiger partial charge is 0.495 e. The highest BCUT2D eigenvalue weighted by Crippen LogP contribution is 2.31. The zero-order valence-corrected chi connectivity index (χ0v) is 22.1. The quantitative estimate of drug-likeness (QED) is 0.476. The van der Waals surface area contributed by atoms with Gasteiger partial charge >= 0.3 is 6.36 Å². The van der Waals surface area contributed by atoms with Crippen LogP contribution in [0.3, 0.4) is 0 Å². The molecule has 1 atom stereocenters. The molecular formula is C24H28F3NO7S2. The summed E-state index contributed by atoms with van der Waals surface area (Å²) >= 11 is 0. The number of sulfone groups is 2. The number of carbonyl (C=O) groups is 1. The van der Waals surface area contributed by atoms with Gasteiger partial charge in [0.2, 0.25) is 0 Å². The molecule has 13 heteroatoms. The van der Waals surface area contributed by atoms with Crippen molar-refractivity contribution in [2.75, 3.05) is 26.5 Å². The molecule has 204 valence electrons. The van der Waals surface area contributed by atoms with E-state index >= 15 is 0 Å². The molecule has 0 spiro atoms. The van der Waals surface area contributed by atoms with Crippen LogP contribution in [0, 0.1) is 5.92 Å². The number of piperidine rings is 1. The maximum Gasteiger partial charge on any atom is 0.573 e. The molecule has 8 nitrogen and oxygen atoms in total. The number of carbonyl (C=O) groups excluding carboxylic acids is 1. The van der Waals surface area contributed by atoms with Gasteiger partial charge in [-0.1, -0.05) is 6.07 Å². The summed E-state index contributed by atoms with van der Waals surface area (Å²) < 4.78 is 96.5. The van der Waals surface area contributed by atoms with E-state index in [0.29, 0.717) is 25.9 Å². The van der Waals surface area contributed by atoms with Crippen LogP contribution in [0.2, 0.25) is 0 Å². The lowest BCUT2D eigenvalue weighted by atomic mass is 9.92. The number of likely N-dealkylation sites (tertiary alicyclic amines) is 1. The Labute approximate surface area is 214 Å². The summed E-state index contributed by atoms with van der Waals surface area (Å²) in [4.78, 5) is 14.2. The molecule has 2 aromatic carbocycles. The summed E-state index contributed by atoms with van der Waals surface area (Å²) in [6.07, 6.45) is -2.58. The van der Waals surface area contributed by atoms with Gasteiger partial charge in [-0.05, 0) is 68.5 Å². The first-order valence-electron chi connectivity index (χ1n) is 11.4. The SMILES string of the molecule is COc1ccc(C(=O)N2CCC(CC(C)S(=O)(=O)c3cccc(OC(F)(F)F)c3)CC2)cc1S(C)(=O)=O. The van der Waals surface area contributed by atoms with Crippen molar-refractivity contribution >= 4 is 25.6 Å². The monoisotopic (exact) mass is 563 g/mol. The van der Waals surface area contributed by atoms with Crippen LogP contribution in [0.4, 0.5) is 13.2 Å². The maximum atomic E-state index is 13.0. The van der Waals surface area contributed by atoms with Crippen molar-refractivity contribution in [3.05, 3.63) is 48.0 Å². The van der Waals surface area contributed by atoms with E-state index in [-0.39, 0.29) is 39.3 Å². The summed E-state index contributed by atoms with van der Waals surface area (Å²) in [7, 11) is -6.19. The number of nitrogens with zero attached hydrogens (tertiary/aromatic N) is 1. The van der Waals surface area contributed by atoms with Gasteiger partial charge in [0, 0.05) is 24.9 Å². The van der Waals surface area contributed by atoms with Gasteiger partial charge in [-0.25, -0.2) is 16.8 Å². The Morgan fingerprint density at radius 3 is 2.30 bits per heavy atom. The van der Waals surface area contributed by atoms with Crippen molar-refractivity contribution in [3.8, 4) is 11.5 Å². The molecule has 0 N–H and O–H groups in total. The highest BCUT2D eigenvalue weighted by molar-refractivity contribution is 7.92. The standard InChI is InChI=1S/C24H28F3NO7S2/c1-16(37(32,33)20-6-4-5-19(15-20)35-24(25,26)27)13-17-9-11-28(12-10-17)23(29)18-7-8-21(34-2)22(14-18)36(3,30)31/h4-8,14-17H,9-13H2,1-3H3. The van der Waals surface area contributed by atoms with Gasteiger partial charge in [-0.15, -0.1) is 13.2 Å². The molecule has 1 heterocycles. The van der Waals surface area contributed by atoms with Crippen molar-refractivity contribution in [2.45, 2.75) is 47.6 Å². The van der Waals surface area contributed by atoms with E-state index < -0.39 is 37.0 Å². The molecule has 1 unspecified atom stereocenters. The number of amides is 1. The van der Waals surface area contributed by atoms with Crippen LogP contribution in [-0.2, 0) is 19.7 Å². The van der Waals surface area contributed by atoms with Crippen LogP contribution < -0.4 is 9.47 Å². The minimum absolute atomic E-state index is 0.0223. The predicted molar refractivity (Wildman–Crippen MR) is 129 cm³/mol. The van der Waals surface area contributed by atoms with Crippen molar-refractivity contribution in [1.82, 2.24) is 4.90 Å². The molecule has 37 heavy (non-hydrogen) atoms. The maximum absolute atomic E-state index is 13.0. The van der Waals surface area contributed by atoms with Crippen LogP contribution in [0.5, 0.6) is 11.5 Å². The van der Waals surface area contributed by atoms with Crippen LogP contribution in [-0.4, -0.2) is 65.7 Å². The van der Waals surface area contributed by atoms with Crippen LogP contribution >= 0.6 is 0 Å². The molecule has 2 aromatic rings. The molecule has 0 bridgehead atoms. The topological polar surface area (TPSA) is 107 Å². The van der Waals surface area contributed by atoms with E-state index in [1.165, 1.54) is 44.4 Å². The Bertz CT molecular complexity index is 1350. The van der Waals surface area contributed by atoms with Crippen molar-refractivity contribution in [2.24, 2.45) is 5.92 Å². The minimum atomic E-state index is -4.93. The van der Waals surface area contributed by atoms with Gasteiger partial charge in [-0.2, -0.15) is 0 Å².